The van der Waals surface area contributed by atoms with E-state index in [9.17, 15) is 9.59 Å². The van der Waals surface area contributed by atoms with E-state index in [1.807, 2.05) is 85.0 Å². The van der Waals surface area contributed by atoms with Crippen molar-refractivity contribution < 1.29 is 14.2 Å². The summed E-state index contributed by atoms with van der Waals surface area (Å²) in [6, 6.07) is 15.6. The number of nitrogens with one attached hydrogen (secondary N) is 1. The van der Waals surface area contributed by atoms with Crippen LogP contribution in [-0.4, -0.2) is 28.4 Å². The summed E-state index contributed by atoms with van der Waals surface area (Å²) in [5.41, 5.74) is 1.37. The van der Waals surface area contributed by atoms with Crippen molar-refractivity contribution in [2.75, 3.05) is 6.61 Å². The molecule has 31 heavy (non-hydrogen) atoms. The third-order valence-electron chi connectivity index (χ3n) is 5.16. The van der Waals surface area contributed by atoms with Crippen molar-refractivity contribution in [1.29, 1.82) is 0 Å². The molecule has 1 aliphatic rings. The Bertz CT molecular complexity index is 1150. The van der Waals surface area contributed by atoms with Crippen molar-refractivity contribution in [3.05, 3.63) is 90.3 Å². The minimum atomic E-state index is -0.570. The molecule has 0 aliphatic carbocycles. The number of H-pyrrole nitrogens is 1. The Morgan fingerprint density at radius 3 is 2.29 bits per heavy atom. The molecule has 4 rings (SSSR count). The summed E-state index contributed by atoms with van der Waals surface area (Å²) < 4.78 is 20.1. The van der Waals surface area contributed by atoms with Gasteiger partial charge in [0.25, 0.3) is 5.56 Å². The molecule has 0 radical (unpaired) electrons. The second-order valence-electron chi connectivity index (χ2n) is 7.60. The van der Waals surface area contributed by atoms with Gasteiger partial charge in [-0.2, -0.15) is 0 Å². The van der Waals surface area contributed by atoms with Crippen LogP contribution in [0.4, 0.5) is 0 Å². The summed E-state index contributed by atoms with van der Waals surface area (Å²) in [4.78, 5) is 26.4. The Balaban J connectivity index is 1.55. The van der Waals surface area contributed by atoms with Crippen LogP contribution in [0, 0.1) is 17.4 Å². The molecule has 1 N–H and O–H groups in total. The Morgan fingerprint density at radius 2 is 1.65 bits per heavy atom. The third-order valence-corrected chi connectivity index (χ3v) is 5.93. The van der Waals surface area contributed by atoms with Crippen LogP contribution in [0.25, 0.3) is 0 Å². The summed E-state index contributed by atoms with van der Waals surface area (Å²) in [6.07, 6.45) is 0.662. The number of halogens is 1. The molecule has 3 atom stereocenters. The lowest BCUT2D eigenvalue weighted by Gasteiger charge is -2.20. The summed E-state index contributed by atoms with van der Waals surface area (Å²) in [6.45, 7) is 4.30. The molecule has 2 aromatic carbocycles. The molecule has 1 aromatic heterocycles. The van der Waals surface area contributed by atoms with E-state index in [0.717, 1.165) is 22.6 Å². The van der Waals surface area contributed by atoms with E-state index in [4.69, 9.17) is 14.2 Å². The first kappa shape index (κ1) is 21.6. The zero-order valence-electron chi connectivity index (χ0n) is 17.2. The number of hydrogen-bond acceptors (Lipinski definition) is 5. The number of benzene rings is 2. The van der Waals surface area contributed by atoms with Gasteiger partial charge in [-0.15, -0.1) is 0 Å². The quantitative estimate of drug-likeness (QED) is 0.490. The van der Waals surface area contributed by atoms with Gasteiger partial charge in [0.2, 0.25) is 0 Å². The second-order valence-corrected chi connectivity index (χ2v) is 8.76. The highest BCUT2D eigenvalue weighted by atomic mass is 127. The van der Waals surface area contributed by atoms with Crippen LogP contribution in [0.1, 0.15) is 23.8 Å². The fourth-order valence-electron chi connectivity index (χ4n) is 3.42. The monoisotopic (exact) mass is 534 g/mol. The van der Waals surface area contributed by atoms with Crippen LogP contribution in [0.5, 0.6) is 11.5 Å². The van der Waals surface area contributed by atoms with Gasteiger partial charge in [-0.25, -0.2) is 4.79 Å². The summed E-state index contributed by atoms with van der Waals surface area (Å²) in [5.74, 6) is 1.46. The standard InChI is InChI=1S/C23H23IN2O5/c1-14-3-7-16(8-4-14)29-13-20-19(30-17-9-5-15(2)6-10-17)11-21(31-20)26-12-18(24)22(27)25-23(26)28/h3-10,12,19-21H,11,13H2,1-2H3,(H,25,27,28)/t19-,20+,21+/m0/s1. The van der Waals surface area contributed by atoms with Gasteiger partial charge < -0.3 is 14.2 Å². The normalized spacial score (nSPS) is 20.5. The first-order valence-corrected chi connectivity index (χ1v) is 11.1. The lowest BCUT2D eigenvalue weighted by molar-refractivity contribution is -0.0372. The van der Waals surface area contributed by atoms with Gasteiger partial charge in [0, 0.05) is 12.6 Å². The smallest absolute Gasteiger partial charge is 0.330 e. The molecule has 1 saturated heterocycles. The van der Waals surface area contributed by atoms with E-state index in [0.29, 0.717) is 9.99 Å². The van der Waals surface area contributed by atoms with Crippen molar-refractivity contribution in [3.8, 4) is 11.5 Å². The zero-order chi connectivity index (χ0) is 22.0. The van der Waals surface area contributed by atoms with E-state index in [2.05, 4.69) is 4.98 Å². The molecule has 7 nitrogen and oxygen atoms in total. The molecule has 0 bridgehead atoms. The second kappa shape index (κ2) is 9.27. The summed E-state index contributed by atoms with van der Waals surface area (Å²) in [5, 5.41) is 0. The van der Waals surface area contributed by atoms with Crippen molar-refractivity contribution >= 4 is 22.6 Å². The van der Waals surface area contributed by atoms with Gasteiger partial charge in [-0.05, 0) is 60.7 Å². The van der Waals surface area contributed by atoms with Crippen LogP contribution >= 0.6 is 22.6 Å². The van der Waals surface area contributed by atoms with Gasteiger partial charge in [-0.1, -0.05) is 35.4 Å². The van der Waals surface area contributed by atoms with E-state index >= 15 is 0 Å². The summed E-state index contributed by atoms with van der Waals surface area (Å²) >= 11 is 1.90. The average Bonchev–Trinajstić information content (AvgIpc) is 3.14. The highest BCUT2D eigenvalue weighted by Gasteiger charge is 2.39. The van der Waals surface area contributed by atoms with Gasteiger partial charge in [0.1, 0.15) is 36.5 Å². The Morgan fingerprint density at radius 1 is 1.03 bits per heavy atom. The summed E-state index contributed by atoms with van der Waals surface area (Å²) in [7, 11) is 0. The molecular weight excluding hydrogens is 511 g/mol. The number of ether oxygens (including phenoxy) is 3. The molecule has 0 amide bonds. The van der Waals surface area contributed by atoms with Gasteiger partial charge in [0.15, 0.2) is 0 Å². The van der Waals surface area contributed by atoms with Gasteiger partial charge >= 0.3 is 5.69 Å². The van der Waals surface area contributed by atoms with Gasteiger partial charge in [-0.3, -0.25) is 14.3 Å². The van der Waals surface area contributed by atoms with Crippen molar-refractivity contribution in [3.63, 3.8) is 0 Å². The first-order chi connectivity index (χ1) is 14.9. The van der Waals surface area contributed by atoms with Crippen LogP contribution in [-0.2, 0) is 4.74 Å². The van der Waals surface area contributed by atoms with E-state index in [-0.39, 0.29) is 12.7 Å². The van der Waals surface area contributed by atoms with Crippen LogP contribution < -0.4 is 20.7 Å². The molecular formula is C23H23IN2O5. The lowest BCUT2D eigenvalue weighted by atomic mass is 10.1. The average molecular weight is 534 g/mol. The predicted octanol–water partition coefficient (Wildman–Crippen LogP) is 3.57. The number of rotatable bonds is 6. The SMILES string of the molecule is Cc1ccc(OC[C@H]2O[C@@H](n3cc(I)c(=O)[nH]c3=O)C[C@@H]2Oc2ccc(C)cc2)cc1. The lowest BCUT2D eigenvalue weighted by Crippen LogP contribution is -2.34. The third kappa shape index (κ3) is 5.19. The van der Waals surface area contributed by atoms with Gasteiger partial charge in [0.05, 0.1) is 3.57 Å². The maximum absolute atomic E-state index is 12.4. The van der Waals surface area contributed by atoms with Crippen molar-refractivity contribution in [1.82, 2.24) is 9.55 Å². The maximum atomic E-state index is 12.4. The minimum Gasteiger partial charge on any atom is -0.491 e. The fourth-order valence-corrected chi connectivity index (χ4v) is 3.86. The van der Waals surface area contributed by atoms with E-state index in [1.165, 1.54) is 10.8 Å². The van der Waals surface area contributed by atoms with Crippen molar-refractivity contribution in [2.45, 2.75) is 38.7 Å². The zero-order valence-corrected chi connectivity index (χ0v) is 19.4. The molecule has 3 aromatic rings. The molecule has 0 spiro atoms. The highest BCUT2D eigenvalue weighted by Crippen LogP contribution is 2.32. The number of aromatic nitrogens is 2. The van der Waals surface area contributed by atoms with E-state index < -0.39 is 23.6 Å². The van der Waals surface area contributed by atoms with Crippen LogP contribution in [0.3, 0.4) is 0 Å². The molecule has 2 heterocycles. The molecule has 8 heteroatoms. The van der Waals surface area contributed by atoms with Crippen LogP contribution in [0.2, 0.25) is 0 Å². The van der Waals surface area contributed by atoms with E-state index in [1.54, 1.807) is 0 Å². The molecule has 1 aliphatic heterocycles. The molecule has 0 saturated carbocycles. The predicted molar refractivity (Wildman–Crippen MR) is 125 cm³/mol. The number of aryl methyl sites for hydroxylation is 2. The van der Waals surface area contributed by atoms with Crippen molar-refractivity contribution in [2.24, 2.45) is 0 Å². The fraction of sp³-hybridized carbons (Fsp3) is 0.304. The number of nitrogens with zero attached hydrogens (tertiary/aromatic N) is 1. The molecule has 1 fully saturated rings. The Hall–Kier alpha value is -2.59. The Labute approximate surface area is 193 Å². The Kier molecular flexibility index (Phi) is 6.47. The van der Waals surface area contributed by atoms with Crippen LogP contribution in [0.15, 0.2) is 64.3 Å². The first-order valence-electron chi connectivity index (χ1n) is 9.98. The largest absolute Gasteiger partial charge is 0.491 e. The maximum Gasteiger partial charge on any atom is 0.330 e. The molecule has 162 valence electrons. The topological polar surface area (TPSA) is 82.5 Å². The highest BCUT2D eigenvalue weighted by molar-refractivity contribution is 14.1. The number of aromatic amines is 1. The molecule has 0 unspecified atom stereocenters. The minimum absolute atomic E-state index is 0.269. The number of hydrogen-bond donors (Lipinski definition) is 1.